The monoisotopic (exact) mass is 875 g/mol. The molecule has 0 aromatic heterocycles. The molecule has 366 valence electrons. The maximum atomic E-state index is 12.8. The Morgan fingerprint density at radius 1 is 0.306 bits per heavy atom. The molecule has 0 aliphatic rings. The van der Waals surface area contributed by atoms with Crippen LogP contribution in [0.2, 0.25) is 0 Å². The number of carbonyl (C=O) groups excluding carboxylic acids is 3. The van der Waals surface area contributed by atoms with Gasteiger partial charge in [-0.25, -0.2) is 0 Å². The van der Waals surface area contributed by atoms with Gasteiger partial charge < -0.3 is 14.2 Å². The van der Waals surface area contributed by atoms with Gasteiger partial charge in [0.15, 0.2) is 6.10 Å². The first kappa shape index (κ1) is 60.2. The molecule has 0 heterocycles. The van der Waals surface area contributed by atoms with Gasteiger partial charge in [0, 0.05) is 19.3 Å². The van der Waals surface area contributed by atoms with Crippen molar-refractivity contribution in [3.8, 4) is 0 Å². The summed E-state index contributed by atoms with van der Waals surface area (Å²) in [6.45, 7) is 6.62. The van der Waals surface area contributed by atoms with Gasteiger partial charge in [-0.2, -0.15) is 0 Å². The molecule has 0 saturated carbocycles. The van der Waals surface area contributed by atoms with E-state index in [1.54, 1.807) is 0 Å². The zero-order valence-electron chi connectivity index (χ0n) is 41.9. The highest BCUT2D eigenvalue weighted by Crippen LogP contribution is 2.17. The lowest BCUT2D eigenvalue weighted by Crippen LogP contribution is -2.30. The van der Waals surface area contributed by atoms with Crippen molar-refractivity contribution < 1.29 is 28.6 Å². The van der Waals surface area contributed by atoms with Crippen LogP contribution < -0.4 is 0 Å². The van der Waals surface area contributed by atoms with Crippen LogP contribution in [0.4, 0.5) is 0 Å². The lowest BCUT2D eigenvalue weighted by Gasteiger charge is -2.18. The normalized spacial score (nSPS) is 12.0. The van der Waals surface area contributed by atoms with Crippen LogP contribution in [0.1, 0.15) is 310 Å². The van der Waals surface area contributed by atoms with E-state index in [-0.39, 0.29) is 31.1 Å². The Morgan fingerprint density at radius 2 is 0.532 bits per heavy atom. The first-order chi connectivity index (χ1) is 30.5. The Balaban J connectivity index is 4.08. The standard InChI is InChI=1S/C56H106O6/c1-4-7-10-13-16-18-20-22-24-25-26-27-28-29-30-31-33-34-36-38-40-43-46-49-55(58)61-52-53(51-60-54(57)48-45-42-15-12-9-6-3)62-56(59)50-47-44-41-39-37-35-32-23-21-19-17-14-11-8-5-2/h25-26,53H,4-24,27-52H2,1-3H3/b26-25-. The zero-order valence-corrected chi connectivity index (χ0v) is 41.9. The fourth-order valence-corrected chi connectivity index (χ4v) is 8.32. The number of allylic oxidation sites excluding steroid dienone is 2. The lowest BCUT2D eigenvalue weighted by molar-refractivity contribution is -0.167. The third-order valence-corrected chi connectivity index (χ3v) is 12.5. The van der Waals surface area contributed by atoms with Crippen LogP contribution in [0.5, 0.6) is 0 Å². The summed E-state index contributed by atoms with van der Waals surface area (Å²) in [6.07, 6.45) is 58.0. The molecular formula is C56H106O6. The van der Waals surface area contributed by atoms with Crippen molar-refractivity contribution in [1.29, 1.82) is 0 Å². The minimum absolute atomic E-state index is 0.0657. The van der Waals surface area contributed by atoms with E-state index in [1.807, 2.05) is 0 Å². The maximum absolute atomic E-state index is 12.8. The van der Waals surface area contributed by atoms with Crippen molar-refractivity contribution in [2.75, 3.05) is 13.2 Å². The van der Waals surface area contributed by atoms with E-state index >= 15 is 0 Å². The molecule has 0 radical (unpaired) electrons. The van der Waals surface area contributed by atoms with Gasteiger partial charge in [0.1, 0.15) is 13.2 Å². The molecule has 0 aliphatic heterocycles. The molecule has 0 aromatic rings. The second-order valence-electron chi connectivity index (χ2n) is 18.9. The molecule has 6 heteroatoms. The molecule has 0 aromatic carbocycles. The number of unbranched alkanes of at least 4 members (excludes halogenated alkanes) is 38. The van der Waals surface area contributed by atoms with Gasteiger partial charge in [-0.1, -0.05) is 258 Å². The molecule has 1 unspecified atom stereocenters. The molecule has 0 spiro atoms. The first-order valence-electron chi connectivity index (χ1n) is 27.7. The number of esters is 3. The molecule has 6 nitrogen and oxygen atoms in total. The highest BCUT2D eigenvalue weighted by atomic mass is 16.6. The summed E-state index contributed by atoms with van der Waals surface area (Å²) in [5.74, 6) is -0.858. The number of hydrogen-bond acceptors (Lipinski definition) is 6. The predicted molar refractivity (Wildman–Crippen MR) is 266 cm³/mol. The van der Waals surface area contributed by atoms with Crippen molar-refractivity contribution in [1.82, 2.24) is 0 Å². The summed E-state index contributed by atoms with van der Waals surface area (Å²) in [4.78, 5) is 37.8. The quantitative estimate of drug-likeness (QED) is 0.0262. The fraction of sp³-hybridized carbons (Fsp3) is 0.911. The van der Waals surface area contributed by atoms with E-state index in [2.05, 4.69) is 32.9 Å². The Kier molecular flexibility index (Phi) is 50.2. The van der Waals surface area contributed by atoms with E-state index in [0.717, 1.165) is 57.8 Å². The maximum Gasteiger partial charge on any atom is 0.306 e. The Labute approximate surface area is 386 Å². The Hall–Kier alpha value is -1.85. The van der Waals surface area contributed by atoms with Crippen LogP contribution in [-0.2, 0) is 28.6 Å². The van der Waals surface area contributed by atoms with Gasteiger partial charge in [0.2, 0.25) is 0 Å². The summed E-state index contributed by atoms with van der Waals surface area (Å²) < 4.78 is 16.7. The van der Waals surface area contributed by atoms with Gasteiger partial charge >= 0.3 is 17.9 Å². The van der Waals surface area contributed by atoms with Crippen LogP contribution in [0, 0.1) is 0 Å². The predicted octanol–water partition coefficient (Wildman–Crippen LogP) is 18.2. The highest BCUT2D eigenvalue weighted by Gasteiger charge is 2.19. The Morgan fingerprint density at radius 3 is 0.806 bits per heavy atom. The van der Waals surface area contributed by atoms with E-state index in [0.29, 0.717) is 19.3 Å². The van der Waals surface area contributed by atoms with Crippen LogP contribution >= 0.6 is 0 Å². The summed E-state index contributed by atoms with van der Waals surface area (Å²) in [7, 11) is 0. The molecule has 0 aliphatic carbocycles. The van der Waals surface area contributed by atoms with Crippen molar-refractivity contribution in [2.45, 2.75) is 316 Å². The van der Waals surface area contributed by atoms with Gasteiger partial charge in [-0.05, 0) is 44.9 Å². The third-order valence-electron chi connectivity index (χ3n) is 12.5. The van der Waals surface area contributed by atoms with Gasteiger partial charge in [0.25, 0.3) is 0 Å². The molecule has 62 heavy (non-hydrogen) atoms. The van der Waals surface area contributed by atoms with Crippen molar-refractivity contribution >= 4 is 17.9 Å². The summed E-state index contributed by atoms with van der Waals surface area (Å²) in [5.41, 5.74) is 0. The van der Waals surface area contributed by atoms with Crippen molar-refractivity contribution in [2.24, 2.45) is 0 Å². The topological polar surface area (TPSA) is 78.9 Å². The number of rotatable bonds is 51. The first-order valence-corrected chi connectivity index (χ1v) is 27.7. The average Bonchev–Trinajstić information content (AvgIpc) is 3.27. The molecule has 0 bridgehead atoms. The van der Waals surface area contributed by atoms with E-state index < -0.39 is 6.10 Å². The van der Waals surface area contributed by atoms with E-state index in [4.69, 9.17) is 14.2 Å². The van der Waals surface area contributed by atoms with Crippen LogP contribution in [-0.4, -0.2) is 37.2 Å². The van der Waals surface area contributed by atoms with Gasteiger partial charge in [-0.3, -0.25) is 14.4 Å². The Bertz CT molecular complexity index is 962. The number of carbonyl (C=O) groups is 3. The molecule has 0 N–H and O–H groups in total. The van der Waals surface area contributed by atoms with Crippen molar-refractivity contribution in [3.63, 3.8) is 0 Å². The fourth-order valence-electron chi connectivity index (χ4n) is 8.32. The largest absolute Gasteiger partial charge is 0.462 e. The molecule has 0 amide bonds. The lowest BCUT2D eigenvalue weighted by atomic mass is 10.0. The smallest absolute Gasteiger partial charge is 0.306 e. The average molecular weight is 875 g/mol. The zero-order chi connectivity index (χ0) is 45.1. The van der Waals surface area contributed by atoms with E-state index in [1.165, 1.54) is 212 Å². The molecule has 0 saturated heterocycles. The van der Waals surface area contributed by atoms with Crippen LogP contribution in [0.15, 0.2) is 12.2 Å². The van der Waals surface area contributed by atoms with Crippen LogP contribution in [0.3, 0.4) is 0 Å². The van der Waals surface area contributed by atoms with Crippen LogP contribution in [0.25, 0.3) is 0 Å². The molecular weight excluding hydrogens is 769 g/mol. The second-order valence-corrected chi connectivity index (χ2v) is 18.9. The number of hydrogen-bond donors (Lipinski definition) is 0. The molecule has 0 rings (SSSR count). The van der Waals surface area contributed by atoms with Gasteiger partial charge in [-0.15, -0.1) is 0 Å². The summed E-state index contributed by atoms with van der Waals surface area (Å²) >= 11 is 0. The SMILES string of the molecule is CCCCCCCCCC/C=C\CCCCCCCCCCCCCC(=O)OCC(COC(=O)CCCCCCCC)OC(=O)CCCCCCCCCCCCCCCCC. The minimum atomic E-state index is -0.762. The molecule has 1 atom stereocenters. The third kappa shape index (κ3) is 49.2. The van der Waals surface area contributed by atoms with E-state index in [9.17, 15) is 14.4 Å². The summed E-state index contributed by atoms with van der Waals surface area (Å²) in [5, 5.41) is 0. The molecule has 0 fully saturated rings. The summed E-state index contributed by atoms with van der Waals surface area (Å²) in [6, 6.07) is 0. The second kappa shape index (κ2) is 51.8. The van der Waals surface area contributed by atoms with Gasteiger partial charge in [0.05, 0.1) is 0 Å². The van der Waals surface area contributed by atoms with Crippen molar-refractivity contribution in [3.05, 3.63) is 12.2 Å². The number of ether oxygens (including phenoxy) is 3. The minimum Gasteiger partial charge on any atom is -0.462 e. The highest BCUT2D eigenvalue weighted by molar-refractivity contribution is 5.71.